The third kappa shape index (κ3) is 3.17. The van der Waals surface area contributed by atoms with Crippen molar-refractivity contribution in [3.05, 3.63) is 48.0 Å². The molecule has 2 atom stereocenters. The van der Waals surface area contributed by atoms with Crippen molar-refractivity contribution in [2.45, 2.75) is 12.2 Å². The lowest BCUT2D eigenvalue weighted by molar-refractivity contribution is -0.0187. The third-order valence-electron chi connectivity index (χ3n) is 2.39. The van der Waals surface area contributed by atoms with Crippen LogP contribution < -0.4 is 0 Å². The molecular weight excluding hydrogens is 204 g/mol. The fourth-order valence-electron chi connectivity index (χ4n) is 1.57. The van der Waals surface area contributed by atoms with Gasteiger partial charge >= 0.3 is 0 Å². The van der Waals surface area contributed by atoms with Gasteiger partial charge in [0, 0.05) is 7.11 Å². The molecule has 86 valence electrons. The largest absolute Gasteiger partial charge is 0.360 e. The van der Waals surface area contributed by atoms with Gasteiger partial charge in [0.1, 0.15) is 19.0 Å². The van der Waals surface area contributed by atoms with Crippen LogP contribution in [0, 0.1) is 0 Å². The molecule has 0 aliphatic carbocycles. The van der Waals surface area contributed by atoms with Crippen LogP contribution in [-0.4, -0.2) is 26.6 Å². The predicted molar refractivity (Wildman–Crippen MR) is 61.0 cm³/mol. The van der Waals surface area contributed by atoms with Gasteiger partial charge in [0.05, 0.1) is 6.61 Å². The van der Waals surface area contributed by atoms with Crippen LogP contribution in [0.3, 0.4) is 0 Å². The van der Waals surface area contributed by atoms with Crippen molar-refractivity contribution in [1.82, 2.24) is 0 Å². The summed E-state index contributed by atoms with van der Waals surface area (Å²) in [6.07, 6.45) is 4.42. The molecule has 1 heterocycles. The molecule has 0 amide bonds. The minimum atomic E-state index is 0.202. The highest BCUT2D eigenvalue weighted by Crippen LogP contribution is 2.39. The first-order valence-electron chi connectivity index (χ1n) is 5.35. The topological polar surface area (TPSA) is 31.0 Å². The zero-order chi connectivity index (χ0) is 11.2. The summed E-state index contributed by atoms with van der Waals surface area (Å²) < 4.78 is 15.4. The zero-order valence-corrected chi connectivity index (χ0v) is 9.34. The molecule has 1 aromatic carbocycles. The second-order valence-corrected chi connectivity index (χ2v) is 3.64. The molecule has 0 saturated carbocycles. The average Bonchev–Trinajstić information content (AvgIpc) is 3.10. The molecular formula is C13H16O3. The Labute approximate surface area is 95.6 Å². The number of hydrogen-bond donors (Lipinski definition) is 0. The lowest BCUT2D eigenvalue weighted by Gasteiger charge is -1.96. The SMILES string of the molecule is COCOC/C=C/[C@H]1O[C@@H]1c1ccccc1. The number of methoxy groups -OCH3 is 1. The molecule has 3 nitrogen and oxygen atoms in total. The van der Waals surface area contributed by atoms with Gasteiger partial charge in [-0.3, -0.25) is 0 Å². The van der Waals surface area contributed by atoms with Crippen LogP contribution in [0.4, 0.5) is 0 Å². The van der Waals surface area contributed by atoms with Crippen molar-refractivity contribution in [2.24, 2.45) is 0 Å². The highest BCUT2D eigenvalue weighted by Gasteiger charge is 2.37. The fraction of sp³-hybridized carbons (Fsp3) is 0.385. The van der Waals surface area contributed by atoms with E-state index in [1.165, 1.54) is 5.56 Å². The number of benzene rings is 1. The van der Waals surface area contributed by atoms with Crippen molar-refractivity contribution in [1.29, 1.82) is 0 Å². The Bertz CT molecular complexity index is 334. The number of rotatable bonds is 6. The van der Waals surface area contributed by atoms with Crippen molar-refractivity contribution in [3.8, 4) is 0 Å². The summed E-state index contributed by atoms with van der Waals surface area (Å²) in [5, 5.41) is 0. The van der Waals surface area contributed by atoms with E-state index in [0.29, 0.717) is 13.4 Å². The summed E-state index contributed by atoms with van der Waals surface area (Å²) in [4.78, 5) is 0. The molecule has 0 spiro atoms. The number of hydrogen-bond acceptors (Lipinski definition) is 3. The van der Waals surface area contributed by atoms with Crippen molar-refractivity contribution < 1.29 is 14.2 Å². The van der Waals surface area contributed by atoms with Crippen molar-refractivity contribution in [2.75, 3.05) is 20.5 Å². The van der Waals surface area contributed by atoms with E-state index < -0.39 is 0 Å². The predicted octanol–water partition coefficient (Wildman–Crippen LogP) is 2.30. The van der Waals surface area contributed by atoms with Crippen LogP contribution in [0.2, 0.25) is 0 Å². The molecule has 0 aromatic heterocycles. The average molecular weight is 220 g/mol. The van der Waals surface area contributed by atoms with Crippen LogP contribution in [-0.2, 0) is 14.2 Å². The van der Waals surface area contributed by atoms with Gasteiger partial charge in [0.2, 0.25) is 0 Å². The van der Waals surface area contributed by atoms with E-state index in [1.54, 1.807) is 7.11 Å². The monoisotopic (exact) mass is 220 g/mol. The first-order valence-corrected chi connectivity index (χ1v) is 5.35. The van der Waals surface area contributed by atoms with E-state index in [0.717, 1.165) is 0 Å². The van der Waals surface area contributed by atoms with Crippen LogP contribution in [0.1, 0.15) is 11.7 Å². The molecule has 0 bridgehead atoms. The standard InChI is InChI=1S/C13H16O3/c1-14-10-15-9-5-8-12-13(16-12)11-6-3-2-4-7-11/h2-8,12-13H,9-10H2,1H3/b8-5+/t12-,13-/m1/s1. The van der Waals surface area contributed by atoms with Gasteiger partial charge in [-0.15, -0.1) is 0 Å². The van der Waals surface area contributed by atoms with Crippen molar-refractivity contribution in [3.63, 3.8) is 0 Å². The normalized spacial score (nSPS) is 23.8. The highest BCUT2D eigenvalue weighted by molar-refractivity contribution is 5.24. The summed E-state index contributed by atoms with van der Waals surface area (Å²) in [6.45, 7) is 0.896. The van der Waals surface area contributed by atoms with Crippen LogP contribution >= 0.6 is 0 Å². The van der Waals surface area contributed by atoms with E-state index in [-0.39, 0.29) is 12.2 Å². The van der Waals surface area contributed by atoms with Crippen LogP contribution in [0.15, 0.2) is 42.5 Å². The van der Waals surface area contributed by atoms with E-state index in [1.807, 2.05) is 30.4 Å². The summed E-state index contributed by atoms with van der Waals surface area (Å²) in [6, 6.07) is 10.2. The highest BCUT2D eigenvalue weighted by atomic mass is 16.7. The molecule has 0 N–H and O–H groups in total. The number of ether oxygens (including phenoxy) is 3. The Morgan fingerprint density at radius 1 is 1.31 bits per heavy atom. The van der Waals surface area contributed by atoms with Crippen LogP contribution in [0.5, 0.6) is 0 Å². The van der Waals surface area contributed by atoms with Gasteiger partial charge in [-0.2, -0.15) is 0 Å². The van der Waals surface area contributed by atoms with Crippen LogP contribution in [0.25, 0.3) is 0 Å². The number of epoxide rings is 1. The summed E-state index contributed by atoms with van der Waals surface area (Å²) in [5.74, 6) is 0. The Morgan fingerprint density at radius 2 is 2.12 bits per heavy atom. The minimum absolute atomic E-state index is 0.202. The van der Waals surface area contributed by atoms with Gasteiger partial charge in [-0.05, 0) is 5.56 Å². The lowest BCUT2D eigenvalue weighted by atomic mass is 10.1. The van der Waals surface area contributed by atoms with Gasteiger partial charge in [0.25, 0.3) is 0 Å². The quantitative estimate of drug-likeness (QED) is 0.319. The van der Waals surface area contributed by atoms with E-state index in [4.69, 9.17) is 14.2 Å². The molecule has 0 radical (unpaired) electrons. The van der Waals surface area contributed by atoms with Gasteiger partial charge in [-0.1, -0.05) is 42.5 Å². The molecule has 1 saturated heterocycles. The third-order valence-corrected chi connectivity index (χ3v) is 2.39. The van der Waals surface area contributed by atoms with Gasteiger partial charge in [-0.25, -0.2) is 0 Å². The minimum Gasteiger partial charge on any atom is -0.360 e. The Hall–Kier alpha value is -1.16. The van der Waals surface area contributed by atoms with E-state index in [9.17, 15) is 0 Å². The van der Waals surface area contributed by atoms with Crippen molar-refractivity contribution >= 4 is 0 Å². The molecule has 1 aromatic rings. The maximum atomic E-state index is 5.54. The molecule has 1 fully saturated rings. The molecule has 0 unspecified atom stereocenters. The Morgan fingerprint density at radius 3 is 2.88 bits per heavy atom. The second-order valence-electron chi connectivity index (χ2n) is 3.64. The molecule has 16 heavy (non-hydrogen) atoms. The summed E-state index contributed by atoms with van der Waals surface area (Å²) in [7, 11) is 1.61. The first kappa shape index (κ1) is 11.3. The Balaban J connectivity index is 1.71. The Kier molecular flexibility index (Phi) is 4.10. The maximum Gasteiger partial charge on any atom is 0.146 e. The summed E-state index contributed by atoms with van der Waals surface area (Å²) in [5.41, 5.74) is 1.23. The van der Waals surface area contributed by atoms with E-state index in [2.05, 4.69) is 12.1 Å². The maximum absolute atomic E-state index is 5.54. The molecule has 3 heteroatoms. The smallest absolute Gasteiger partial charge is 0.146 e. The molecule has 1 aliphatic heterocycles. The second kappa shape index (κ2) is 5.80. The van der Waals surface area contributed by atoms with Gasteiger partial charge < -0.3 is 14.2 Å². The first-order chi connectivity index (χ1) is 7.92. The molecule has 1 aliphatic rings. The fourth-order valence-corrected chi connectivity index (χ4v) is 1.57. The summed E-state index contributed by atoms with van der Waals surface area (Å²) >= 11 is 0. The van der Waals surface area contributed by atoms with Gasteiger partial charge in [0.15, 0.2) is 0 Å². The zero-order valence-electron chi connectivity index (χ0n) is 9.34. The lowest BCUT2D eigenvalue weighted by Crippen LogP contribution is -1.95. The van der Waals surface area contributed by atoms with E-state index >= 15 is 0 Å². The molecule has 2 rings (SSSR count).